The number of benzene rings is 1. The fraction of sp³-hybridized carbons (Fsp3) is 0.400. The lowest BCUT2D eigenvalue weighted by molar-refractivity contribution is -0.136. The maximum atomic E-state index is 14.8. The van der Waals surface area contributed by atoms with Gasteiger partial charge in [0.2, 0.25) is 5.57 Å². The summed E-state index contributed by atoms with van der Waals surface area (Å²) < 4.78 is 42.1. The first-order valence-electron chi connectivity index (χ1n) is 7.02. The van der Waals surface area contributed by atoms with Gasteiger partial charge < -0.3 is 13.8 Å². The summed E-state index contributed by atoms with van der Waals surface area (Å²) in [4.78, 5) is 12.1. The zero-order valence-corrected chi connectivity index (χ0v) is 13.8. The second kappa shape index (κ2) is 8.83. The molecule has 0 fully saturated rings. The summed E-state index contributed by atoms with van der Waals surface area (Å²) in [5, 5.41) is 0. The van der Waals surface area contributed by atoms with E-state index < -0.39 is 24.7 Å². The van der Waals surface area contributed by atoms with Gasteiger partial charge in [0.1, 0.15) is 5.57 Å². The van der Waals surface area contributed by atoms with E-state index in [1.807, 2.05) is 0 Å². The molecular formula is C15H20FO5P. The van der Waals surface area contributed by atoms with Gasteiger partial charge in [0, 0.05) is 0 Å². The Hall–Kier alpha value is -1.49. The Morgan fingerprint density at radius 3 is 2.05 bits per heavy atom. The van der Waals surface area contributed by atoms with Gasteiger partial charge in [-0.3, -0.25) is 4.57 Å². The van der Waals surface area contributed by atoms with Crippen molar-refractivity contribution in [2.24, 2.45) is 0 Å². The van der Waals surface area contributed by atoms with E-state index in [0.717, 1.165) is 0 Å². The molecule has 0 saturated carbocycles. The summed E-state index contributed by atoms with van der Waals surface area (Å²) in [7, 11) is -4.20. The molecule has 0 unspecified atom stereocenters. The number of carbonyl (C=O) groups excluding carboxylic acids is 1. The lowest BCUT2D eigenvalue weighted by atomic mass is 10.1. The molecule has 0 aliphatic carbocycles. The second-order valence-corrected chi connectivity index (χ2v) is 5.99. The van der Waals surface area contributed by atoms with Gasteiger partial charge >= 0.3 is 13.6 Å². The van der Waals surface area contributed by atoms with Crippen molar-refractivity contribution in [3.63, 3.8) is 0 Å². The predicted molar refractivity (Wildman–Crippen MR) is 82.0 cm³/mol. The Balaban J connectivity index is 3.45. The van der Waals surface area contributed by atoms with Gasteiger partial charge in [0.25, 0.3) is 0 Å². The van der Waals surface area contributed by atoms with Crippen LogP contribution >= 0.6 is 7.60 Å². The van der Waals surface area contributed by atoms with Crippen molar-refractivity contribution in [1.82, 2.24) is 0 Å². The van der Waals surface area contributed by atoms with Crippen LogP contribution in [-0.2, 0) is 23.1 Å². The lowest BCUT2D eigenvalue weighted by Gasteiger charge is -2.17. The molecule has 0 heterocycles. The first-order chi connectivity index (χ1) is 10.5. The highest BCUT2D eigenvalue weighted by atomic mass is 31.2. The Bertz CT molecular complexity index is 561. The maximum absolute atomic E-state index is 14.8. The largest absolute Gasteiger partial charge is 0.462 e. The van der Waals surface area contributed by atoms with Crippen LogP contribution in [0.2, 0.25) is 0 Å². The minimum Gasteiger partial charge on any atom is -0.462 e. The third-order valence-corrected chi connectivity index (χ3v) is 4.49. The van der Waals surface area contributed by atoms with Crippen molar-refractivity contribution in [2.75, 3.05) is 19.8 Å². The predicted octanol–water partition coefficient (Wildman–Crippen LogP) is 4.15. The van der Waals surface area contributed by atoms with Crippen LogP contribution in [0.4, 0.5) is 4.39 Å². The van der Waals surface area contributed by atoms with E-state index in [4.69, 9.17) is 13.8 Å². The average Bonchev–Trinajstić information content (AvgIpc) is 2.49. The molecular weight excluding hydrogens is 310 g/mol. The second-order valence-electron chi connectivity index (χ2n) is 4.09. The fourth-order valence-corrected chi connectivity index (χ4v) is 3.23. The van der Waals surface area contributed by atoms with E-state index in [2.05, 4.69) is 0 Å². The van der Waals surface area contributed by atoms with Crippen LogP contribution in [0.5, 0.6) is 0 Å². The molecule has 0 radical (unpaired) electrons. The number of esters is 1. The molecule has 0 N–H and O–H groups in total. The van der Waals surface area contributed by atoms with E-state index >= 15 is 0 Å². The molecule has 7 heteroatoms. The molecule has 5 nitrogen and oxygen atoms in total. The lowest BCUT2D eigenvalue weighted by Crippen LogP contribution is -2.10. The standard InChI is InChI=1S/C15H20FO5P/c1-4-19-15(17)13(12-10-8-7-9-11-12)14(16)22(18,20-5-2)21-6-3/h7-11H,4-6H2,1-3H3/b14-13+. The molecule has 0 amide bonds. The number of halogens is 1. The van der Waals surface area contributed by atoms with E-state index in [1.54, 1.807) is 39.0 Å². The van der Waals surface area contributed by atoms with Gasteiger partial charge in [-0.05, 0) is 26.3 Å². The maximum Gasteiger partial charge on any atom is 0.390 e. The zero-order chi connectivity index (χ0) is 16.6. The summed E-state index contributed by atoms with van der Waals surface area (Å²) in [6.45, 7) is 4.75. The molecule has 122 valence electrons. The average molecular weight is 330 g/mol. The van der Waals surface area contributed by atoms with Crippen LogP contribution < -0.4 is 0 Å². The molecule has 0 aliphatic rings. The molecule has 0 bridgehead atoms. The molecule has 0 aliphatic heterocycles. The Labute approximate surface area is 129 Å². The summed E-state index contributed by atoms with van der Waals surface area (Å²) in [6, 6.07) is 8.03. The Kier molecular flexibility index (Phi) is 7.45. The molecule has 1 aromatic rings. The molecule has 0 spiro atoms. The zero-order valence-electron chi connectivity index (χ0n) is 12.9. The molecule has 0 atom stereocenters. The van der Waals surface area contributed by atoms with Crippen molar-refractivity contribution in [3.05, 3.63) is 41.5 Å². The van der Waals surface area contributed by atoms with Crippen LogP contribution in [0.15, 0.2) is 35.9 Å². The van der Waals surface area contributed by atoms with Gasteiger partial charge in [0.15, 0.2) is 0 Å². The third kappa shape index (κ3) is 4.50. The van der Waals surface area contributed by atoms with E-state index in [1.165, 1.54) is 12.1 Å². The van der Waals surface area contributed by atoms with Gasteiger partial charge in [0.05, 0.1) is 19.8 Å². The summed E-state index contributed by atoms with van der Waals surface area (Å²) in [5.74, 6) is -0.911. The van der Waals surface area contributed by atoms with Gasteiger partial charge in [-0.1, -0.05) is 30.3 Å². The Morgan fingerprint density at radius 2 is 1.59 bits per heavy atom. The van der Waals surface area contributed by atoms with Crippen LogP contribution in [0.1, 0.15) is 26.3 Å². The van der Waals surface area contributed by atoms with Crippen molar-refractivity contribution in [1.29, 1.82) is 0 Å². The van der Waals surface area contributed by atoms with Crippen LogP contribution in [0.3, 0.4) is 0 Å². The minimum atomic E-state index is -4.20. The van der Waals surface area contributed by atoms with E-state index in [-0.39, 0.29) is 25.4 Å². The van der Waals surface area contributed by atoms with E-state index in [9.17, 15) is 13.8 Å². The monoisotopic (exact) mass is 330 g/mol. The number of hydrogen-bond acceptors (Lipinski definition) is 5. The highest BCUT2D eigenvalue weighted by Gasteiger charge is 2.36. The first kappa shape index (κ1) is 18.6. The summed E-state index contributed by atoms with van der Waals surface area (Å²) in [5.41, 5.74) is -1.42. The quantitative estimate of drug-likeness (QED) is 0.407. The van der Waals surface area contributed by atoms with E-state index in [0.29, 0.717) is 0 Å². The fourth-order valence-electron chi connectivity index (χ4n) is 1.76. The number of rotatable bonds is 8. The number of carbonyl (C=O) groups is 1. The summed E-state index contributed by atoms with van der Waals surface area (Å²) >= 11 is 0. The molecule has 0 aromatic heterocycles. The molecule has 0 saturated heterocycles. The number of hydrogen-bond donors (Lipinski definition) is 0. The minimum absolute atomic E-state index is 0.0183. The van der Waals surface area contributed by atoms with Crippen molar-refractivity contribution >= 4 is 19.1 Å². The topological polar surface area (TPSA) is 61.8 Å². The third-order valence-electron chi connectivity index (χ3n) is 2.59. The van der Waals surface area contributed by atoms with Gasteiger partial charge in [-0.2, -0.15) is 4.39 Å². The number of ether oxygens (including phenoxy) is 1. The van der Waals surface area contributed by atoms with Gasteiger partial charge in [-0.15, -0.1) is 0 Å². The molecule has 1 rings (SSSR count). The summed E-state index contributed by atoms with van der Waals surface area (Å²) in [6.07, 6.45) is 0. The highest BCUT2D eigenvalue weighted by molar-refractivity contribution is 7.58. The van der Waals surface area contributed by atoms with Crippen molar-refractivity contribution in [2.45, 2.75) is 20.8 Å². The van der Waals surface area contributed by atoms with Crippen LogP contribution in [0.25, 0.3) is 5.57 Å². The van der Waals surface area contributed by atoms with Gasteiger partial charge in [-0.25, -0.2) is 4.79 Å². The highest BCUT2D eigenvalue weighted by Crippen LogP contribution is 2.59. The molecule has 22 heavy (non-hydrogen) atoms. The Morgan fingerprint density at radius 1 is 1.05 bits per heavy atom. The van der Waals surface area contributed by atoms with Crippen molar-refractivity contribution < 1.29 is 27.5 Å². The normalized spacial score (nSPS) is 12.7. The smallest absolute Gasteiger partial charge is 0.390 e. The van der Waals surface area contributed by atoms with Crippen LogP contribution in [-0.4, -0.2) is 25.8 Å². The first-order valence-corrected chi connectivity index (χ1v) is 8.56. The van der Waals surface area contributed by atoms with Crippen LogP contribution in [0, 0.1) is 0 Å². The van der Waals surface area contributed by atoms with Crippen molar-refractivity contribution in [3.8, 4) is 0 Å². The SMILES string of the molecule is CCOC(=O)/C(=C(\F)P(=O)(OCC)OCC)c1ccccc1. The molecule has 1 aromatic carbocycles.